The molecule has 0 aromatic heterocycles. The average molecular weight is 295 g/mol. The Hall–Kier alpha value is -1.97. The van der Waals surface area contributed by atoms with Gasteiger partial charge in [0.15, 0.2) is 6.29 Å². The molecule has 0 unspecified atom stereocenters. The third-order valence-corrected chi connectivity index (χ3v) is 4.68. The Morgan fingerprint density at radius 2 is 1.68 bits per heavy atom. The fourth-order valence-electron chi connectivity index (χ4n) is 3.23. The molecule has 2 aromatic rings. The van der Waals surface area contributed by atoms with E-state index in [1.807, 2.05) is 48.5 Å². The molecule has 1 aliphatic rings. The molecule has 0 atom stereocenters. The van der Waals surface area contributed by atoms with Crippen molar-refractivity contribution in [3.8, 4) is 11.1 Å². The second-order valence-electron chi connectivity index (χ2n) is 6.15. The van der Waals surface area contributed by atoms with Gasteiger partial charge in [-0.2, -0.15) is 0 Å². The number of nitrogens with two attached hydrogens (primary N) is 1. The highest BCUT2D eigenvalue weighted by molar-refractivity contribution is 5.87. The van der Waals surface area contributed by atoms with Crippen molar-refractivity contribution in [2.45, 2.75) is 37.3 Å². The second-order valence-corrected chi connectivity index (χ2v) is 6.15. The van der Waals surface area contributed by atoms with Crippen molar-refractivity contribution in [2.75, 3.05) is 0 Å². The van der Waals surface area contributed by atoms with Crippen LogP contribution in [0.2, 0.25) is 0 Å². The van der Waals surface area contributed by atoms with Gasteiger partial charge in [-0.3, -0.25) is 4.79 Å². The number of aliphatic hydroxyl groups is 1. The summed E-state index contributed by atoms with van der Waals surface area (Å²) in [6.07, 6.45) is 3.99. The molecule has 114 valence electrons. The van der Waals surface area contributed by atoms with Gasteiger partial charge in [-0.25, -0.2) is 0 Å². The minimum Gasteiger partial charge on any atom is -0.385 e. The average Bonchev–Trinajstić information content (AvgIpc) is 2.58. The van der Waals surface area contributed by atoms with E-state index in [0.29, 0.717) is 18.4 Å². The molecule has 1 aliphatic carbocycles. The van der Waals surface area contributed by atoms with Crippen LogP contribution in [0.5, 0.6) is 0 Å². The summed E-state index contributed by atoms with van der Waals surface area (Å²) in [4.78, 5) is 11.1. The molecular formula is C19H21NO2. The molecule has 1 fully saturated rings. The number of hydrogen-bond acceptors (Lipinski definition) is 3. The van der Waals surface area contributed by atoms with Gasteiger partial charge in [-0.05, 0) is 42.4 Å². The monoisotopic (exact) mass is 295 g/mol. The first-order valence-corrected chi connectivity index (χ1v) is 7.75. The van der Waals surface area contributed by atoms with Crippen LogP contribution in [0, 0.1) is 0 Å². The largest absolute Gasteiger partial charge is 0.385 e. The fraction of sp³-hybridized carbons (Fsp3) is 0.316. The summed E-state index contributed by atoms with van der Waals surface area (Å²) in [6.45, 7) is 0. The lowest BCUT2D eigenvalue weighted by atomic mass is 9.77. The van der Waals surface area contributed by atoms with Crippen molar-refractivity contribution in [2.24, 2.45) is 5.73 Å². The van der Waals surface area contributed by atoms with Crippen LogP contribution < -0.4 is 5.73 Å². The first-order chi connectivity index (χ1) is 10.6. The van der Waals surface area contributed by atoms with Gasteiger partial charge in [0.25, 0.3) is 0 Å². The quantitative estimate of drug-likeness (QED) is 0.854. The minimum atomic E-state index is -0.765. The Bertz CT molecular complexity index is 655. The Kier molecular flexibility index (Phi) is 4.10. The maximum absolute atomic E-state index is 11.1. The van der Waals surface area contributed by atoms with Crippen LogP contribution in [0.25, 0.3) is 11.1 Å². The van der Waals surface area contributed by atoms with Crippen LogP contribution in [0.4, 0.5) is 0 Å². The Morgan fingerprint density at radius 3 is 2.32 bits per heavy atom. The Morgan fingerprint density at radius 1 is 1.05 bits per heavy atom. The summed E-state index contributed by atoms with van der Waals surface area (Å²) in [5.74, 6) is 0. The second kappa shape index (κ2) is 6.03. The maximum atomic E-state index is 11.1. The van der Waals surface area contributed by atoms with Crippen molar-refractivity contribution in [1.29, 1.82) is 0 Å². The SMILES string of the molecule is NC1CCC(O)(c2ccc(-c3ccccc3C=O)cc2)CC1. The van der Waals surface area contributed by atoms with E-state index < -0.39 is 5.60 Å². The van der Waals surface area contributed by atoms with Crippen molar-refractivity contribution in [1.82, 2.24) is 0 Å². The third-order valence-electron chi connectivity index (χ3n) is 4.68. The molecule has 2 aromatic carbocycles. The lowest BCUT2D eigenvalue weighted by molar-refractivity contribution is -0.00495. The standard InChI is InChI=1S/C19H21NO2/c20-17-9-11-19(22,12-10-17)16-7-5-14(6-8-16)18-4-2-1-3-15(18)13-21/h1-8,13,17,22H,9-12,20H2. The van der Waals surface area contributed by atoms with E-state index in [9.17, 15) is 9.90 Å². The molecular weight excluding hydrogens is 274 g/mol. The normalized spacial score (nSPS) is 24.9. The molecule has 0 bridgehead atoms. The van der Waals surface area contributed by atoms with Crippen LogP contribution in [0.1, 0.15) is 41.6 Å². The molecule has 22 heavy (non-hydrogen) atoms. The van der Waals surface area contributed by atoms with E-state index in [-0.39, 0.29) is 6.04 Å². The van der Waals surface area contributed by atoms with Gasteiger partial charge in [0.05, 0.1) is 5.60 Å². The van der Waals surface area contributed by atoms with Crippen LogP contribution in [-0.4, -0.2) is 17.4 Å². The van der Waals surface area contributed by atoms with Crippen molar-refractivity contribution < 1.29 is 9.90 Å². The predicted octanol–water partition coefficient (Wildman–Crippen LogP) is 3.26. The number of rotatable bonds is 3. The zero-order chi connectivity index (χ0) is 15.6. The molecule has 0 heterocycles. The van der Waals surface area contributed by atoms with E-state index in [2.05, 4.69) is 0 Å². The van der Waals surface area contributed by atoms with Gasteiger partial charge in [-0.15, -0.1) is 0 Å². The van der Waals surface area contributed by atoms with Gasteiger partial charge in [0, 0.05) is 11.6 Å². The van der Waals surface area contributed by atoms with Crippen molar-refractivity contribution in [3.05, 3.63) is 59.7 Å². The predicted molar refractivity (Wildman–Crippen MR) is 87.6 cm³/mol. The van der Waals surface area contributed by atoms with E-state index >= 15 is 0 Å². The van der Waals surface area contributed by atoms with E-state index in [1.165, 1.54) is 0 Å². The molecule has 3 heteroatoms. The zero-order valence-electron chi connectivity index (χ0n) is 12.5. The van der Waals surface area contributed by atoms with Gasteiger partial charge < -0.3 is 10.8 Å². The van der Waals surface area contributed by atoms with Crippen molar-refractivity contribution >= 4 is 6.29 Å². The van der Waals surface area contributed by atoms with E-state index in [4.69, 9.17) is 5.73 Å². The number of benzene rings is 2. The molecule has 3 rings (SSSR count). The molecule has 0 aliphatic heterocycles. The minimum absolute atomic E-state index is 0.207. The highest BCUT2D eigenvalue weighted by Crippen LogP contribution is 2.37. The Labute approximate surface area is 130 Å². The smallest absolute Gasteiger partial charge is 0.150 e. The number of hydrogen-bond donors (Lipinski definition) is 2. The number of aldehydes is 1. The highest BCUT2D eigenvalue weighted by Gasteiger charge is 2.33. The maximum Gasteiger partial charge on any atom is 0.150 e. The summed E-state index contributed by atoms with van der Waals surface area (Å²) in [7, 11) is 0. The molecule has 3 N–H and O–H groups in total. The van der Waals surface area contributed by atoms with E-state index in [0.717, 1.165) is 35.8 Å². The Balaban J connectivity index is 1.88. The number of carbonyl (C=O) groups is 1. The highest BCUT2D eigenvalue weighted by atomic mass is 16.3. The van der Waals surface area contributed by atoms with Gasteiger partial charge >= 0.3 is 0 Å². The summed E-state index contributed by atoms with van der Waals surface area (Å²) in [5.41, 5.74) is 8.68. The fourth-order valence-corrected chi connectivity index (χ4v) is 3.23. The van der Waals surface area contributed by atoms with Gasteiger partial charge in [-0.1, -0.05) is 48.5 Å². The van der Waals surface area contributed by atoms with Crippen LogP contribution in [-0.2, 0) is 5.60 Å². The van der Waals surface area contributed by atoms with Crippen LogP contribution in [0.3, 0.4) is 0 Å². The van der Waals surface area contributed by atoms with E-state index in [1.54, 1.807) is 0 Å². The topological polar surface area (TPSA) is 63.3 Å². The number of carbonyl (C=O) groups excluding carboxylic acids is 1. The summed E-state index contributed by atoms with van der Waals surface area (Å²) in [5, 5.41) is 10.8. The first kappa shape index (κ1) is 14.9. The molecule has 3 nitrogen and oxygen atoms in total. The first-order valence-electron chi connectivity index (χ1n) is 7.75. The lowest BCUT2D eigenvalue weighted by Crippen LogP contribution is -2.36. The summed E-state index contributed by atoms with van der Waals surface area (Å²) >= 11 is 0. The summed E-state index contributed by atoms with van der Waals surface area (Å²) < 4.78 is 0. The zero-order valence-corrected chi connectivity index (χ0v) is 12.5. The molecule has 0 radical (unpaired) electrons. The van der Waals surface area contributed by atoms with Crippen molar-refractivity contribution in [3.63, 3.8) is 0 Å². The molecule has 0 saturated heterocycles. The van der Waals surface area contributed by atoms with Crippen LogP contribution in [0.15, 0.2) is 48.5 Å². The van der Waals surface area contributed by atoms with Crippen LogP contribution >= 0.6 is 0 Å². The molecule has 0 spiro atoms. The molecule has 1 saturated carbocycles. The van der Waals surface area contributed by atoms with Gasteiger partial charge in [0.1, 0.15) is 0 Å². The van der Waals surface area contributed by atoms with Gasteiger partial charge in [0.2, 0.25) is 0 Å². The third kappa shape index (κ3) is 2.82. The molecule has 0 amide bonds. The lowest BCUT2D eigenvalue weighted by Gasteiger charge is -2.35. The summed E-state index contributed by atoms with van der Waals surface area (Å²) in [6, 6.07) is 15.6.